The van der Waals surface area contributed by atoms with Crippen molar-refractivity contribution in [2.45, 2.75) is 31.2 Å². The maximum atomic E-state index is 12.4. The van der Waals surface area contributed by atoms with Gasteiger partial charge in [0.15, 0.2) is 5.13 Å². The molecule has 0 fully saturated rings. The number of hydrogen-bond donors (Lipinski definition) is 0. The summed E-state index contributed by atoms with van der Waals surface area (Å²) in [6, 6.07) is 11.5. The van der Waals surface area contributed by atoms with Gasteiger partial charge < -0.3 is 4.42 Å². The van der Waals surface area contributed by atoms with E-state index < -0.39 is 0 Å². The summed E-state index contributed by atoms with van der Waals surface area (Å²) in [4.78, 5) is 22.7. The van der Waals surface area contributed by atoms with Crippen LogP contribution in [0.3, 0.4) is 0 Å². The van der Waals surface area contributed by atoms with E-state index in [1.54, 1.807) is 24.2 Å². The Hall–Kier alpha value is -3.04. The van der Waals surface area contributed by atoms with E-state index in [4.69, 9.17) is 4.42 Å². The standard InChI is InChI=1S/C21H19N5O2S2/c1-3-15-6-4-5-7-18(15)26(14(2)27)20-23-17(12-29-20)13-30-21-25-24-19(28-21)16-8-10-22-11-9-16/h4-12H,3,13H2,1-2H3. The normalized spacial score (nSPS) is 10.9. The number of aryl methyl sites for hydroxylation is 1. The SMILES string of the molecule is CCc1ccccc1N(C(C)=O)c1nc(CSc2nnc(-c3ccncc3)o2)cs1. The van der Waals surface area contributed by atoms with Crippen LogP contribution in [0.25, 0.3) is 11.5 Å². The highest BCUT2D eigenvalue weighted by atomic mass is 32.2. The van der Waals surface area contributed by atoms with Gasteiger partial charge in [0.1, 0.15) is 0 Å². The Morgan fingerprint density at radius 3 is 2.73 bits per heavy atom. The van der Waals surface area contributed by atoms with E-state index in [0.29, 0.717) is 22.0 Å². The third kappa shape index (κ3) is 4.42. The van der Waals surface area contributed by atoms with E-state index in [9.17, 15) is 4.79 Å². The molecule has 3 heterocycles. The minimum atomic E-state index is -0.0663. The van der Waals surface area contributed by atoms with Gasteiger partial charge in [-0.2, -0.15) is 0 Å². The minimum Gasteiger partial charge on any atom is -0.411 e. The summed E-state index contributed by atoms with van der Waals surface area (Å²) in [5, 5.41) is 11.2. The predicted octanol–water partition coefficient (Wildman–Crippen LogP) is 5.13. The first-order chi connectivity index (χ1) is 14.7. The Balaban J connectivity index is 1.48. The van der Waals surface area contributed by atoms with Crippen molar-refractivity contribution >= 4 is 39.8 Å². The maximum absolute atomic E-state index is 12.4. The maximum Gasteiger partial charge on any atom is 0.277 e. The van der Waals surface area contributed by atoms with Gasteiger partial charge in [0.2, 0.25) is 11.8 Å². The molecule has 4 aromatic rings. The van der Waals surface area contributed by atoms with Crippen LogP contribution in [0, 0.1) is 0 Å². The van der Waals surface area contributed by atoms with Gasteiger partial charge in [-0.25, -0.2) is 4.98 Å². The first-order valence-corrected chi connectivity index (χ1v) is 11.2. The smallest absolute Gasteiger partial charge is 0.277 e. The predicted molar refractivity (Wildman–Crippen MR) is 118 cm³/mol. The average molecular weight is 438 g/mol. The number of benzene rings is 1. The fourth-order valence-corrected chi connectivity index (χ4v) is 4.56. The fourth-order valence-electron chi connectivity index (χ4n) is 2.92. The number of aromatic nitrogens is 4. The number of hydrogen-bond acceptors (Lipinski definition) is 8. The number of carbonyl (C=O) groups excluding carboxylic acids is 1. The van der Waals surface area contributed by atoms with Crippen molar-refractivity contribution in [1.82, 2.24) is 20.2 Å². The molecule has 0 spiro atoms. The van der Waals surface area contributed by atoms with Crippen molar-refractivity contribution in [2.24, 2.45) is 0 Å². The molecule has 3 aromatic heterocycles. The van der Waals surface area contributed by atoms with Gasteiger partial charge in [-0.1, -0.05) is 36.9 Å². The van der Waals surface area contributed by atoms with Crippen molar-refractivity contribution in [2.75, 3.05) is 4.90 Å². The molecule has 0 N–H and O–H groups in total. The number of para-hydroxylation sites is 1. The molecule has 0 aliphatic rings. The zero-order valence-corrected chi connectivity index (χ0v) is 18.1. The van der Waals surface area contributed by atoms with E-state index in [1.165, 1.54) is 23.1 Å². The Morgan fingerprint density at radius 2 is 1.97 bits per heavy atom. The molecule has 30 heavy (non-hydrogen) atoms. The summed E-state index contributed by atoms with van der Waals surface area (Å²) in [7, 11) is 0. The molecule has 152 valence electrons. The molecule has 0 unspecified atom stereocenters. The number of rotatable bonds is 7. The van der Waals surface area contributed by atoms with Crippen LogP contribution in [0.4, 0.5) is 10.8 Å². The summed E-state index contributed by atoms with van der Waals surface area (Å²) in [5.41, 5.74) is 3.66. The third-order valence-electron chi connectivity index (χ3n) is 4.34. The summed E-state index contributed by atoms with van der Waals surface area (Å²) in [5.74, 6) is 0.955. The van der Waals surface area contributed by atoms with Crippen molar-refractivity contribution in [3.63, 3.8) is 0 Å². The Labute approximate surface area is 182 Å². The Bertz CT molecular complexity index is 1140. The van der Waals surface area contributed by atoms with E-state index in [1.807, 2.05) is 41.8 Å². The quantitative estimate of drug-likeness (QED) is 0.371. The van der Waals surface area contributed by atoms with Crippen LogP contribution in [0.5, 0.6) is 0 Å². The summed E-state index contributed by atoms with van der Waals surface area (Å²) in [6.07, 6.45) is 4.20. The second-order valence-electron chi connectivity index (χ2n) is 6.36. The van der Waals surface area contributed by atoms with E-state index >= 15 is 0 Å². The monoisotopic (exact) mass is 437 g/mol. The van der Waals surface area contributed by atoms with Crippen molar-refractivity contribution in [1.29, 1.82) is 0 Å². The van der Waals surface area contributed by atoms with Gasteiger partial charge in [-0.05, 0) is 30.2 Å². The molecule has 0 radical (unpaired) electrons. The zero-order chi connectivity index (χ0) is 20.9. The zero-order valence-electron chi connectivity index (χ0n) is 16.5. The van der Waals surface area contributed by atoms with E-state index in [-0.39, 0.29) is 5.91 Å². The number of amides is 1. The van der Waals surface area contributed by atoms with Crippen LogP contribution in [-0.4, -0.2) is 26.1 Å². The third-order valence-corrected chi connectivity index (χ3v) is 6.06. The van der Waals surface area contributed by atoms with Crippen LogP contribution >= 0.6 is 23.1 Å². The van der Waals surface area contributed by atoms with Gasteiger partial charge in [0, 0.05) is 36.0 Å². The average Bonchev–Trinajstić information content (AvgIpc) is 3.43. The summed E-state index contributed by atoms with van der Waals surface area (Å²) < 4.78 is 5.71. The number of thioether (sulfide) groups is 1. The lowest BCUT2D eigenvalue weighted by atomic mass is 10.1. The second-order valence-corrected chi connectivity index (χ2v) is 8.12. The Morgan fingerprint density at radius 1 is 1.17 bits per heavy atom. The highest BCUT2D eigenvalue weighted by Gasteiger charge is 2.20. The van der Waals surface area contributed by atoms with Crippen LogP contribution in [0.15, 0.2) is 63.8 Å². The van der Waals surface area contributed by atoms with Crippen molar-refractivity contribution < 1.29 is 9.21 Å². The molecule has 9 heteroatoms. The lowest BCUT2D eigenvalue weighted by molar-refractivity contribution is -0.115. The van der Waals surface area contributed by atoms with Crippen LogP contribution in [0.1, 0.15) is 25.1 Å². The largest absolute Gasteiger partial charge is 0.411 e. The minimum absolute atomic E-state index is 0.0663. The van der Waals surface area contributed by atoms with Gasteiger partial charge in [-0.3, -0.25) is 14.7 Å². The molecule has 0 aliphatic carbocycles. The molecule has 0 saturated carbocycles. The molecule has 4 rings (SSSR count). The molecule has 1 amide bonds. The number of nitrogens with zero attached hydrogens (tertiary/aromatic N) is 5. The van der Waals surface area contributed by atoms with Crippen LogP contribution < -0.4 is 4.90 Å². The lowest BCUT2D eigenvalue weighted by Crippen LogP contribution is -2.23. The van der Waals surface area contributed by atoms with Gasteiger partial charge in [0.25, 0.3) is 5.22 Å². The van der Waals surface area contributed by atoms with Crippen molar-refractivity contribution in [3.05, 3.63) is 65.4 Å². The van der Waals surface area contributed by atoms with Crippen molar-refractivity contribution in [3.8, 4) is 11.5 Å². The second kappa shape index (κ2) is 9.19. The van der Waals surface area contributed by atoms with Gasteiger partial charge in [-0.15, -0.1) is 21.5 Å². The topological polar surface area (TPSA) is 85.0 Å². The molecule has 0 aliphatic heterocycles. The molecular formula is C21H19N5O2S2. The summed E-state index contributed by atoms with van der Waals surface area (Å²) in [6.45, 7) is 3.63. The molecule has 7 nitrogen and oxygen atoms in total. The van der Waals surface area contributed by atoms with Gasteiger partial charge in [0.05, 0.1) is 11.4 Å². The molecule has 0 atom stereocenters. The first-order valence-electron chi connectivity index (χ1n) is 9.35. The first kappa shape index (κ1) is 20.2. The van der Waals surface area contributed by atoms with E-state index in [2.05, 4.69) is 27.1 Å². The number of anilines is 2. The summed E-state index contributed by atoms with van der Waals surface area (Å²) >= 11 is 2.86. The molecule has 0 saturated heterocycles. The highest BCUT2D eigenvalue weighted by molar-refractivity contribution is 7.98. The number of thiazole rings is 1. The Kier molecular flexibility index (Phi) is 6.20. The highest BCUT2D eigenvalue weighted by Crippen LogP contribution is 2.33. The van der Waals surface area contributed by atoms with Crippen LogP contribution in [0.2, 0.25) is 0 Å². The molecular weight excluding hydrogens is 418 g/mol. The fraction of sp³-hybridized carbons (Fsp3) is 0.190. The van der Waals surface area contributed by atoms with Crippen LogP contribution in [-0.2, 0) is 17.0 Å². The van der Waals surface area contributed by atoms with Gasteiger partial charge >= 0.3 is 0 Å². The lowest BCUT2D eigenvalue weighted by Gasteiger charge is -2.20. The number of carbonyl (C=O) groups is 1. The number of pyridine rings is 1. The van der Waals surface area contributed by atoms with E-state index in [0.717, 1.165) is 28.9 Å². The molecule has 0 bridgehead atoms. The molecule has 1 aromatic carbocycles.